The minimum absolute atomic E-state index is 0.598. The molecule has 0 aliphatic carbocycles. The molecule has 0 saturated heterocycles. The summed E-state index contributed by atoms with van der Waals surface area (Å²) >= 11 is 0. The monoisotopic (exact) mass is 236 g/mol. The van der Waals surface area contributed by atoms with Crippen LogP contribution < -0.4 is 5.73 Å². The van der Waals surface area contributed by atoms with Gasteiger partial charge in [0.1, 0.15) is 0 Å². The predicted molar refractivity (Wildman–Crippen MR) is 71.0 cm³/mol. The van der Waals surface area contributed by atoms with Crippen molar-refractivity contribution in [2.75, 3.05) is 13.2 Å². The quantitative estimate of drug-likeness (QED) is 0.740. The summed E-state index contributed by atoms with van der Waals surface area (Å²) < 4.78 is 5.48. The lowest BCUT2D eigenvalue weighted by Crippen LogP contribution is -2.08. The van der Waals surface area contributed by atoms with E-state index in [1.165, 1.54) is 16.7 Å². The number of hydrogen-bond acceptors (Lipinski definition) is 3. The first-order valence-corrected chi connectivity index (χ1v) is 6.42. The molecule has 17 heavy (non-hydrogen) atoms. The molecule has 0 aliphatic rings. The van der Waals surface area contributed by atoms with Gasteiger partial charge in [0.05, 0.1) is 0 Å². The molecule has 1 aromatic rings. The molecular formula is C14H24N2O. The highest BCUT2D eigenvalue weighted by atomic mass is 16.5. The molecule has 1 aromatic heterocycles. The first-order chi connectivity index (χ1) is 8.20. The van der Waals surface area contributed by atoms with Gasteiger partial charge in [-0.3, -0.25) is 4.98 Å². The number of aryl methyl sites for hydroxylation is 2. The third-order valence-corrected chi connectivity index (χ3v) is 3.08. The lowest BCUT2D eigenvalue weighted by Gasteiger charge is -2.12. The summed E-state index contributed by atoms with van der Waals surface area (Å²) in [5.41, 5.74) is 10.7. The zero-order chi connectivity index (χ0) is 12.7. The van der Waals surface area contributed by atoms with Gasteiger partial charge in [-0.15, -0.1) is 0 Å². The van der Waals surface area contributed by atoms with Crippen LogP contribution in [0.2, 0.25) is 0 Å². The number of pyridine rings is 1. The van der Waals surface area contributed by atoms with Gasteiger partial charge in [-0.2, -0.15) is 0 Å². The first kappa shape index (κ1) is 14.1. The summed E-state index contributed by atoms with van der Waals surface area (Å²) in [5.74, 6) is 0. The highest BCUT2D eigenvalue weighted by Crippen LogP contribution is 2.16. The molecule has 1 heterocycles. The van der Waals surface area contributed by atoms with E-state index in [0.717, 1.165) is 38.2 Å². The summed E-state index contributed by atoms with van der Waals surface area (Å²) in [6, 6.07) is 0. The topological polar surface area (TPSA) is 48.1 Å². The number of nitrogens with two attached hydrogens (primary N) is 1. The Kier molecular flexibility index (Phi) is 6.16. The average molecular weight is 236 g/mol. The van der Waals surface area contributed by atoms with Crippen molar-refractivity contribution in [2.24, 2.45) is 5.73 Å². The summed E-state index contributed by atoms with van der Waals surface area (Å²) in [4.78, 5) is 4.41. The maximum Gasteiger partial charge on any atom is 0.0469 e. The number of nitrogens with zero attached hydrogens (tertiary/aromatic N) is 1. The second-order valence-corrected chi connectivity index (χ2v) is 4.39. The van der Waals surface area contributed by atoms with E-state index in [2.05, 4.69) is 18.8 Å². The van der Waals surface area contributed by atoms with Crippen LogP contribution in [0.4, 0.5) is 0 Å². The SMILES string of the molecule is CCCOCCCc1cnc(C)c(C)c1CN. The number of hydrogen-bond donors (Lipinski definition) is 1. The molecular weight excluding hydrogens is 212 g/mol. The van der Waals surface area contributed by atoms with Crippen molar-refractivity contribution in [1.29, 1.82) is 0 Å². The van der Waals surface area contributed by atoms with Gasteiger partial charge < -0.3 is 10.5 Å². The first-order valence-electron chi connectivity index (χ1n) is 6.42. The van der Waals surface area contributed by atoms with Gasteiger partial charge in [0, 0.05) is 31.6 Å². The molecule has 96 valence electrons. The van der Waals surface area contributed by atoms with Gasteiger partial charge in [-0.05, 0) is 49.8 Å². The molecule has 0 fully saturated rings. The molecule has 3 heteroatoms. The number of ether oxygens (including phenoxy) is 1. The van der Waals surface area contributed by atoms with Crippen molar-refractivity contribution in [3.8, 4) is 0 Å². The fraction of sp³-hybridized carbons (Fsp3) is 0.643. The van der Waals surface area contributed by atoms with E-state index in [1.807, 2.05) is 13.1 Å². The largest absolute Gasteiger partial charge is 0.381 e. The summed E-state index contributed by atoms with van der Waals surface area (Å²) in [6.07, 6.45) is 5.09. The van der Waals surface area contributed by atoms with Gasteiger partial charge >= 0.3 is 0 Å². The zero-order valence-electron chi connectivity index (χ0n) is 11.3. The van der Waals surface area contributed by atoms with E-state index < -0.39 is 0 Å². The molecule has 0 bridgehead atoms. The molecule has 0 spiro atoms. The number of aromatic nitrogens is 1. The fourth-order valence-corrected chi connectivity index (χ4v) is 1.92. The second kappa shape index (κ2) is 7.41. The normalized spacial score (nSPS) is 10.8. The minimum atomic E-state index is 0.598. The molecule has 3 nitrogen and oxygen atoms in total. The molecule has 1 rings (SSSR count). The lowest BCUT2D eigenvalue weighted by atomic mass is 9.99. The van der Waals surface area contributed by atoms with Crippen LogP contribution in [0, 0.1) is 13.8 Å². The van der Waals surface area contributed by atoms with Crippen molar-refractivity contribution in [3.63, 3.8) is 0 Å². The third-order valence-electron chi connectivity index (χ3n) is 3.08. The fourth-order valence-electron chi connectivity index (χ4n) is 1.92. The van der Waals surface area contributed by atoms with Crippen LogP contribution in [0.25, 0.3) is 0 Å². The maximum absolute atomic E-state index is 5.81. The van der Waals surface area contributed by atoms with E-state index in [-0.39, 0.29) is 0 Å². The van der Waals surface area contributed by atoms with E-state index >= 15 is 0 Å². The van der Waals surface area contributed by atoms with Crippen LogP contribution >= 0.6 is 0 Å². The molecule has 0 radical (unpaired) electrons. The van der Waals surface area contributed by atoms with Crippen LogP contribution in [0.15, 0.2) is 6.20 Å². The Bertz CT molecular complexity index is 350. The predicted octanol–water partition coefficient (Wildman–Crippen LogP) is 2.52. The van der Waals surface area contributed by atoms with Crippen LogP contribution in [0.3, 0.4) is 0 Å². The van der Waals surface area contributed by atoms with Gasteiger partial charge in [0.2, 0.25) is 0 Å². The zero-order valence-corrected chi connectivity index (χ0v) is 11.3. The Hall–Kier alpha value is -0.930. The van der Waals surface area contributed by atoms with Crippen LogP contribution in [0.5, 0.6) is 0 Å². The summed E-state index contributed by atoms with van der Waals surface area (Å²) in [5, 5.41) is 0. The standard InChI is InChI=1S/C14H24N2O/c1-4-7-17-8-5-6-13-10-16-12(3)11(2)14(13)9-15/h10H,4-9,15H2,1-3H3. The van der Waals surface area contributed by atoms with Crippen LogP contribution in [-0.4, -0.2) is 18.2 Å². The Morgan fingerprint density at radius 3 is 2.71 bits per heavy atom. The second-order valence-electron chi connectivity index (χ2n) is 4.39. The van der Waals surface area contributed by atoms with Crippen molar-refractivity contribution in [1.82, 2.24) is 4.98 Å². The Morgan fingerprint density at radius 1 is 1.29 bits per heavy atom. The lowest BCUT2D eigenvalue weighted by molar-refractivity contribution is 0.132. The molecule has 0 saturated carbocycles. The van der Waals surface area contributed by atoms with E-state index in [9.17, 15) is 0 Å². The van der Waals surface area contributed by atoms with Crippen molar-refractivity contribution < 1.29 is 4.74 Å². The summed E-state index contributed by atoms with van der Waals surface area (Å²) in [7, 11) is 0. The van der Waals surface area contributed by atoms with Crippen molar-refractivity contribution in [3.05, 3.63) is 28.6 Å². The van der Waals surface area contributed by atoms with Crippen LogP contribution in [-0.2, 0) is 17.7 Å². The average Bonchev–Trinajstić information content (AvgIpc) is 2.33. The molecule has 2 N–H and O–H groups in total. The van der Waals surface area contributed by atoms with Crippen molar-refractivity contribution in [2.45, 2.75) is 46.6 Å². The third kappa shape index (κ3) is 4.10. The smallest absolute Gasteiger partial charge is 0.0469 e. The van der Waals surface area contributed by atoms with E-state index in [1.54, 1.807) is 0 Å². The Morgan fingerprint density at radius 2 is 2.06 bits per heavy atom. The molecule has 0 aliphatic heterocycles. The van der Waals surface area contributed by atoms with Gasteiger partial charge in [-0.1, -0.05) is 6.92 Å². The van der Waals surface area contributed by atoms with Gasteiger partial charge in [0.25, 0.3) is 0 Å². The Labute approximate surface area is 104 Å². The maximum atomic E-state index is 5.81. The minimum Gasteiger partial charge on any atom is -0.381 e. The molecule has 0 atom stereocenters. The van der Waals surface area contributed by atoms with Gasteiger partial charge in [-0.25, -0.2) is 0 Å². The molecule has 0 unspecified atom stereocenters. The molecule has 0 aromatic carbocycles. The molecule has 0 amide bonds. The number of rotatable bonds is 7. The van der Waals surface area contributed by atoms with Crippen LogP contribution in [0.1, 0.15) is 42.1 Å². The summed E-state index contributed by atoms with van der Waals surface area (Å²) in [6.45, 7) is 8.53. The van der Waals surface area contributed by atoms with E-state index in [0.29, 0.717) is 6.54 Å². The van der Waals surface area contributed by atoms with E-state index in [4.69, 9.17) is 10.5 Å². The van der Waals surface area contributed by atoms with Gasteiger partial charge in [0.15, 0.2) is 0 Å². The Balaban J connectivity index is 2.56. The highest BCUT2D eigenvalue weighted by molar-refractivity contribution is 5.35. The highest BCUT2D eigenvalue weighted by Gasteiger charge is 2.07. The van der Waals surface area contributed by atoms with Crippen molar-refractivity contribution >= 4 is 0 Å².